The first kappa shape index (κ1) is 18.0. The molecule has 6 nitrogen and oxygen atoms in total. The maximum atomic E-state index is 12.7. The number of methoxy groups -OCH3 is 1. The van der Waals surface area contributed by atoms with Crippen molar-refractivity contribution in [3.05, 3.63) is 29.8 Å². The van der Waals surface area contributed by atoms with E-state index in [4.69, 9.17) is 4.74 Å². The van der Waals surface area contributed by atoms with E-state index in [2.05, 4.69) is 5.32 Å². The fourth-order valence-electron chi connectivity index (χ4n) is 2.75. The maximum Gasteiger partial charge on any atom is 0.339 e. The van der Waals surface area contributed by atoms with Crippen LogP contribution in [0.15, 0.2) is 24.3 Å². The molecule has 2 rings (SSSR count). The molecule has 0 radical (unpaired) electrons. The molecule has 1 fully saturated rings. The van der Waals surface area contributed by atoms with Crippen LogP contribution in [-0.4, -0.2) is 42.9 Å². The zero-order chi connectivity index (χ0) is 17.7. The molecule has 0 bridgehead atoms. The third kappa shape index (κ3) is 3.75. The van der Waals surface area contributed by atoms with Crippen LogP contribution in [0.1, 0.15) is 43.5 Å². The molecule has 1 aromatic carbocycles. The fourth-order valence-corrected chi connectivity index (χ4v) is 2.75. The highest BCUT2D eigenvalue weighted by molar-refractivity contribution is 6.11. The lowest BCUT2D eigenvalue weighted by atomic mass is 9.89. The lowest BCUT2D eigenvalue weighted by molar-refractivity contribution is -0.147. The second kappa shape index (κ2) is 7.47. The van der Waals surface area contributed by atoms with Crippen LogP contribution in [0.5, 0.6) is 0 Å². The summed E-state index contributed by atoms with van der Waals surface area (Å²) >= 11 is 0. The molecule has 0 aliphatic carbocycles. The molecule has 0 aromatic heterocycles. The SMILES string of the molecule is COC(=O)c1ccccc1NC(=O)C(C)(C)C(=O)N1CCCCC1. The Labute approximate surface area is 142 Å². The number of para-hydroxylation sites is 1. The van der Waals surface area contributed by atoms with E-state index in [0.717, 1.165) is 19.3 Å². The third-order valence-electron chi connectivity index (χ3n) is 4.33. The Kier molecular flexibility index (Phi) is 5.59. The molecule has 0 spiro atoms. The van der Waals surface area contributed by atoms with Gasteiger partial charge >= 0.3 is 5.97 Å². The van der Waals surface area contributed by atoms with Gasteiger partial charge in [0, 0.05) is 13.1 Å². The molecule has 0 saturated carbocycles. The van der Waals surface area contributed by atoms with Gasteiger partial charge in [-0.15, -0.1) is 0 Å². The first-order valence-electron chi connectivity index (χ1n) is 8.16. The van der Waals surface area contributed by atoms with E-state index in [0.29, 0.717) is 18.8 Å². The summed E-state index contributed by atoms with van der Waals surface area (Å²) in [5, 5.41) is 2.70. The number of piperidine rings is 1. The number of ether oxygens (including phenoxy) is 1. The van der Waals surface area contributed by atoms with Crippen molar-refractivity contribution in [2.24, 2.45) is 5.41 Å². The van der Waals surface area contributed by atoms with Gasteiger partial charge in [0.15, 0.2) is 0 Å². The minimum absolute atomic E-state index is 0.185. The van der Waals surface area contributed by atoms with Crippen LogP contribution in [-0.2, 0) is 14.3 Å². The summed E-state index contributed by atoms with van der Waals surface area (Å²) in [4.78, 5) is 38.9. The van der Waals surface area contributed by atoms with Crippen molar-refractivity contribution in [1.29, 1.82) is 0 Å². The molecule has 1 heterocycles. The molecule has 6 heteroatoms. The summed E-state index contributed by atoms with van der Waals surface area (Å²) in [6.45, 7) is 4.60. The highest BCUT2D eigenvalue weighted by atomic mass is 16.5. The lowest BCUT2D eigenvalue weighted by Crippen LogP contribution is -2.49. The number of likely N-dealkylation sites (tertiary alicyclic amines) is 1. The predicted octanol–water partition coefficient (Wildman–Crippen LogP) is 2.45. The van der Waals surface area contributed by atoms with Crippen molar-refractivity contribution >= 4 is 23.5 Å². The molecule has 1 saturated heterocycles. The van der Waals surface area contributed by atoms with Crippen LogP contribution in [0.2, 0.25) is 0 Å². The molecule has 1 aliphatic heterocycles. The Bertz CT molecular complexity index is 634. The van der Waals surface area contributed by atoms with Gasteiger partial charge in [-0.25, -0.2) is 4.79 Å². The van der Waals surface area contributed by atoms with E-state index in [-0.39, 0.29) is 11.5 Å². The van der Waals surface area contributed by atoms with Crippen LogP contribution >= 0.6 is 0 Å². The molecule has 130 valence electrons. The minimum atomic E-state index is -1.21. The number of hydrogen-bond donors (Lipinski definition) is 1. The summed E-state index contributed by atoms with van der Waals surface area (Å²) < 4.78 is 4.72. The standard InChI is InChI=1S/C18H24N2O4/c1-18(2,17(23)20-11-7-4-8-12-20)16(22)19-14-10-6-5-9-13(14)15(21)24-3/h5-6,9-10H,4,7-8,11-12H2,1-3H3,(H,19,22). The zero-order valence-corrected chi connectivity index (χ0v) is 14.4. The lowest BCUT2D eigenvalue weighted by Gasteiger charge is -2.33. The highest BCUT2D eigenvalue weighted by Crippen LogP contribution is 2.25. The highest BCUT2D eigenvalue weighted by Gasteiger charge is 2.39. The zero-order valence-electron chi connectivity index (χ0n) is 14.4. The van der Waals surface area contributed by atoms with E-state index in [9.17, 15) is 14.4 Å². The number of hydrogen-bond acceptors (Lipinski definition) is 4. The van der Waals surface area contributed by atoms with Crippen LogP contribution in [0.3, 0.4) is 0 Å². The quantitative estimate of drug-likeness (QED) is 0.679. The van der Waals surface area contributed by atoms with Crippen molar-refractivity contribution in [1.82, 2.24) is 4.90 Å². The Morgan fingerprint density at radius 3 is 2.33 bits per heavy atom. The average Bonchev–Trinajstić information content (AvgIpc) is 2.61. The Morgan fingerprint density at radius 1 is 1.08 bits per heavy atom. The third-order valence-corrected chi connectivity index (χ3v) is 4.33. The number of benzene rings is 1. The summed E-state index contributed by atoms with van der Waals surface area (Å²) in [5.41, 5.74) is -0.607. The summed E-state index contributed by atoms with van der Waals surface area (Å²) in [5.74, 6) is -1.16. The van der Waals surface area contributed by atoms with Crippen LogP contribution in [0, 0.1) is 5.41 Å². The van der Waals surface area contributed by atoms with Gasteiger partial charge in [-0.2, -0.15) is 0 Å². The Morgan fingerprint density at radius 2 is 1.71 bits per heavy atom. The number of carbonyl (C=O) groups is 3. The first-order chi connectivity index (χ1) is 11.4. The molecule has 0 atom stereocenters. The molecule has 24 heavy (non-hydrogen) atoms. The van der Waals surface area contributed by atoms with Crippen LogP contribution in [0.4, 0.5) is 5.69 Å². The minimum Gasteiger partial charge on any atom is -0.465 e. The molecule has 0 unspecified atom stereocenters. The Hall–Kier alpha value is -2.37. The molecule has 1 aromatic rings. The maximum absolute atomic E-state index is 12.7. The van der Waals surface area contributed by atoms with Crippen molar-refractivity contribution in [2.75, 3.05) is 25.5 Å². The van der Waals surface area contributed by atoms with Crippen LogP contribution in [0.25, 0.3) is 0 Å². The summed E-state index contributed by atoms with van der Waals surface area (Å²) in [6, 6.07) is 6.58. The molecule has 2 amide bonds. The van der Waals surface area contributed by atoms with Crippen LogP contribution < -0.4 is 5.32 Å². The molecular weight excluding hydrogens is 308 g/mol. The van der Waals surface area contributed by atoms with Gasteiger partial charge in [0.05, 0.1) is 18.4 Å². The van der Waals surface area contributed by atoms with Gasteiger partial charge in [0.25, 0.3) is 0 Å². The van der Waals surface area contributed by atoms with Gasteiger partial charge in [-0.05, 0) is 45.2 Å². The summed E-state index contributed by atoms with van der Waals surface area (Å²) in [7, 11) is 1.28. The fraction of sp³-hybridized carbons (Fsp3) is 0.500. The van der Waals surface area contributed by atoms with Gasteiger partial charge in [-0.1, -0.05) is 12.1 Å². The molecular formula is C18H24N2O4. The van der Waals surface area contributed by atoms with Crippen molar-refractivity contribution < 1.29 is 19.1 Å². The van der Waals surface area contributed by atoms with E-state index in [1.807, 2.05) is 0 Å². The smallest absolute Gasteiger partial charge is 0.339 e. The number of esters is 1. The van der Waals surface area contributed by atoms with Gasteiger partial charge in [0.2, 0.25) is 11.8 Å². The number of amides is 2. The topological polar surface area (TPSA) is 75.7 Å². The number of carbonyl (C=O) groups excluding carboxylic acids is 3. The molecule has 1 aliphatic rings. The second-order valence-corrected chi connectivity index (χ2v) is 6.47. The summed E-state index contributed by atoms with van der Waals surface area (Å²) in [6.07, 6.45) is 3.05. The monoisotopic (exact) mass is 332 g/mol. The van der Waals surface area contributed by atoms with E-state index >= 15 is 0 Å². The number of rotatable bonds is 4. The van der Waals surface area contributed by atoms with Crippen molar-refractivity contribution in [2.45, 2.75) is 33.1 Å². The van der Waals surface area contributed by atoms with Gasteiger partial charge in [-0.3, -0.25) is 9.59 Å². The van der Waals surface area contributed by atoms with Crippen molar-refractivity contribution in [3.63, 3.8) is 0 Å². The largest absolute Gasteiger partial charge is 0.465 e. The van der Waals surface area contributed by atoms with E-state index < -0.39 is 17.3 Å². The second-order valence-electron chi connectivity index (χ2n) is 6.47. The molecule has 1 N–H and O–H groups in total. The number of nitrogens with zero attached hydrogens (tertiary/aromatic N) is 1. The Balaban J connectivity index is 2.16. The first-order valence-corrected chi connectivity index (χ1v) is 8.16. The predicted molar refractivity (Wildman–Crippen MR) is 90.6 cm³/mol. The van der Waals surface area contributed by atoms with E-state index in [1.54, 1.807) is 43.0 Å². The average molecular weight is 332 g/mol. The van der Waals surface area contributed by atoms with Gasteiger partial charge < -0.3 is 15.0 Å². The van der Waals surface area contributed by atoms with Crippen molar-refractivity contribution in [3.8, 4) is 0 Å². The van der Waals surface area contributed by atoms with E-state index in [1.165, 1.54) is 7.11 Å². The number of nitrogens with one attached hydrogen (secondary N) is 1. The normalized spacial score (nSPS) is 14.9. The number of anilines is 1. The van der Waals surface area contributed by atoms with Gasteiger partial charge in [0.1, 0.15) is 5.41 Å².